The molecule has 0 radical (unpaired) electrons. The lowest BCUT2D eigenvalue weighted by molar-refractivity contribution is -0.138. The first-order valence-electron chi connectivity index (χ1n) is 10.0. The second kappa shape index (κ2) is 9.71. The Hall–Kier alpha value is -1.38. The van der Waals surface area contributed by atoms with Crippen LogP contribution in [-0.4, -0.2) is 91.6 Å². The van der Waals surface area contributed by atoms with Crippen LogP contribution in [0.15, 0.2) is 0 Å². The fourth-order valence-corrected chi connectivity index (χ4v) is 4.48. The van der Waals surface area contributed by atoms with E-state index in [1.165, 1.54) is 0 Å². The molecule has 3 unspecified atom stereocenters. The number of carboxylic acid groups (broad SMARTS) is 1. The van der Waals surface area contributed by atoms with E-state index in [9.17, 15) is 9.59 Å². The summed E-state index contributed by atoms with van der Waals surface area (Å²) in [5.41, 5.74) is 0.0130. The molecule has 8 heteroatoms. The van der Waals surface area contributed by atoms with E-state index in [0.717, 1.165) is 19.3 Å². The highest BCUT2D eigenvalue weighted by Gasteiger charge is 2.54. The van der Waals surface area contributed by atoms with E-state index in [2.05, 4.69) is 19.2 Å². The minimum atomic E-state index is -0.868. The summed E-state index contributed by atoms with van der Waals surface area (Å²) in [5.74, 6) is -0.868. The van der Waals surface area contributed by atoms with E-state index in [4.69, 9.17) is 14.6 Å². The van der Waals surface area contributed by atoms with Crippen molar-refractivity contribution in [1.82, 2.24) is 15.1 Å². The highest BCUT2D eigenvalue weighted by atomic mass is 16.5. The van der Waals surface area contributed by atoms with E-state index in [1.54, 1.807) is 16.8 Å². The molecule has 2 rings (SSSR count). The number of amides is 2. The lowest BCUT2D eigenvalue weighted by atomic mass is 9.58. The second-order valence-corrected chi connectivity index (χ2v) is 7.65. The molecule has 2 aliphatic rings. The summed E-state index contributed by atoms with van der Waals surface area (Å²) in [6.07, 6.45) is 2.85. The quantitative estimate of drug-likeness (QED) is 0.623. The van der Waals surface area contributed by atoms with Gasteiger partial charge in [-0.2, -0.15) is 0 Å². The molecule has 2 amide bonds. The van der Waals surface area contributed by atoms with Crippen LogP contribution in [0.1, 0.15) is 40.0 Å². The third-order valence-electron chi connectivity index (χ3n) is 6.11. The van der Waals surface area contributed by atoms with Gasteiger partial charge < -0.3 is 24.8 Å². The predicted octanol–water partition coefficient (Wildman–Crippen LogP) is 1.40. The summed E-state index contributed by atoms with van der Waals surface area (Å²) in [6.45, 7) is 8.98. The zero-order valence-electron chi connectivity index (χ0n) is 17.1. The van der Waals surface area contributed by atoms with E-state index in [-0.39, 0.29) is 36.2 Å². The summed E-state index contributed by atoms with van der Waals surface area (Å²) in [6, 6.07) is 0.0722. The topological polar surface area (TPSA) is 91.3 Å². The molecule has 2 N–H and O–H groups in total. The Morgan fingerprint density at radius 2 is 2.04 bits per heavy atom. The van der Waals surface area contributed by atoms with Gasteiger partial charge in [0.15, 0.2) is 0 Å². The van der Waals surface area contributed by atoms with Crippen LogP contribution >= 0.6 is 0 Å². The lowest BCUT2D eigenvalue weighted by Gasteiger charge is -2.55. The fourth-order valence-electron chi connectivity index (χ4n) is 4.48. The Kier molecular flexibility index (Phi) is 7.88. The van der Waals surface area contributed by atoms with Crippen molar-refractivity contribution in [2.24, 2.45) is 5.41 Å². The molecule has 0 aromatic carbocycles. The Bertz CT molecular complexity index is 512. The average Bonchev–Trinajstić information content (AvgIpc) is 2.61. The molecule has 2 fully saturated rings. The van der Waals surface area contributed by atoms with Crippen molar-refractivity contribution in [2.75, 3.05) is 46.4 Å². The van der Waals surface area contributed by atoms with Gasteiger partial charge in [0.1, 0.15) is 0 Å². The molecule has 156 valence electrons. The highest BCUT2D eigenvalue weighted by Crippen LogP contribution is 2.48. The molecular formula is C19H35N3O5. The monoisotopic (exact) mass is 385 g/mol. The predicted molar refractivity (Wildman–Crippen MR) is 102 cm³/mol. The largest absolute Gasteiger partial charge is 0.480 e. The fraction of sp³-hybridized carbons (Fsp3) is 0.895. The van der Waals surface area contributed by atoms with Crippen molar-refractivity contribution in [3.8, 4) is 0 Å². The Labute approximate surface area is 162 Å². The van der Waals surface area contributed by atoms with Crippen LogP contribution in [0.4, 0.5) is 4.79 Å². The zero-order valence-corrected chi connectivity index (χ0v) is 17.1. The first-order chi connectivity index (χ1) is 12.9. The van der Waals surface area contributed by atoms with Crippen LogP contribution in [0.3, 0.4) is 0 Å². The van der Waals surface area contributed by atoms with E-state index >= 15 is 0 Å². The summed E-state index contributed by atoms with van der Waals surface area (Å²) in [4.78, 5) is 27.1. The van der Waals surface area contributed by atoms with Crippen LogP contribution < -0.4 is 5.32 Å². The maximum absolute atomic E-state index is 12.8. The van der Waals surface area contributed by atoms with Gasteiger partial charge in [0.25, 0.3) is 0 Å². The molecule has 1 aliphatic carbocycles. The Morgan fingerprint density at radius 1 is 1.33 bits per heavy atom. The molecule has 8 nitrogen and oxygen atoms in total. The van der Waals surface area contributed by atoms with Gasteiger partial charge in [0, 0.05) is 37.7 Å². The van der Waals surface area contributed by atoms with Gasteiger partial charge in [-0.15, -0.1) is 0 Å². The first kappa shape index (κ1) is 21.9. The molecule has 1 saturated heterocycles. The number of nitrogens with zero attached hydrogens (tertiary/aromatic N) is 2. The molecule has 3 atom stereocenters. The summed E-state index contributed by atoms with van der Waals surface area (Å²) in [7, 11) is 1.75. The number of hydrogen-bond acceptors (Lipinski definition) is 5. The van der Waals surface area contributed by atoms with Crippen LogP contribution in [0, 0.1) is 5.41 Å². The van der Waals surface area contributed by atoms with Crippen LogP contribution in [-0.2, 0) is 14.3 Å². The van der Waals surface area contributed by atoms with Gasteiger partial charge in [-0.1, -0.05) is 13.8 Å². The molecule has 0 aromatic rings. The third-order valence-corrected chi connectivity index (χ3v) is 6.11. The normalized spacial score (nSPS) is 27.3. The molecule has 1 saturated carbocycles. The van der Waals surface area contributed by atoms with Crippen molar-refractivity contribution < 1.29 is 24.2 Å². The number of nitrogens with one attached hydrogen (secondary N) is 1. The van der Waals surface area contributed by atoms with Crippen molar-refractivity contribution in [1.29, 1.82) is 0 Å². The number of urea groups is 1. The van der Waals surface area contributed by atoms with Crippen molar-refractivity contribution in [2.45, 2.75) is 58.3 Å². The van der Waals surface area contributed by atoms with Gasteiger partial charge in [-0.25, -0.2) is 4.79 Å². The minimum Gasteiger partial charge on any atom is -0.480 e. The number of carbonyl (C=O) groups is 2. The van der Waals surface area contributed by atoms with Gasteiger partial charge >= 0.3 is 12.0 Å². The van der Waals surface area contributed by atoms with Gasteiger partial charge in [-0.3, -0.25) is 9.69 Å². The van der Waals surface area contributed by atoms with Crippen molar-refractivity contribution in [3.63, 3.8) is 0 Å². The van der Waals surface area contributed by atoms with Crippen LogP contribution in [0.2, 0.25) is 0 Å². The smallest absolute Gasteiger partial charge is 0.317 e. The van der Waals surface area contributed by atoms with Crippen LogP contribution in [0.5, 0.6) is 0 Å². The van der Waals surface area contributed by atoms with Crippen molar-refractivity contribution in [3.05, 3.63) is 0 Å². The summed E-state index contributed by atoms with van der Waals surface area (Å²) >= 11 is 0. The van der Waals surface area contributed by atoms with Crippen molar-refractivity contribution >= 4 is 12.0 Å². The Morgan fingerprint density at radius 3 is 2.63 bits per heavy atom. The number of rotatable bonds is 9. The maximum Gasteiger partial charge on any atom is 0.317 e. The van der Waals surface area contributed by atoms with Crippen LogP contribution in [0.25, 0.3) is 0 Å². The van der Waals surface area contributed by atoms with Gasteiger partial charge in [-0.05, 0) is 33.2 Å². The first-order valence-corrected chi connectivity index (χ1v) is 10.0. The molecule has 0 bridgehead atoms. The number of morpholine rings is 1. The maximum atomic E-state index is 12.8. The van der Waals surface area contributed by atoms with E-state index < -0.39 is 5.97 Å². The SMILES string of the molecule is CCOC1CC(NC(=O)N2CCOC(CN(C)CC(=O)O)C2)C1(CC)CC. The molecule has 1 aliphatic heterocycles. The van der Waals surface area contributed by atoms with E-state index in [1.807, 2.05) is 6.92 Å². The lowest BCUT2D eigenvalue weighted by Crippen LogP contribution is -2.66. The number of likely N-dealkylation sites (N-methyl/N-ethyl adjacent to an activating group) is 1. The summed E-state index contributed by atoms with van der Waals surface area (Å²) in [5, 5.41) is 12.1. The standard InChI is InChI=1S/C19H35N3O5/c1-5-19(6-2)15(10-16(19)26-7-3)20-18(25)22-8-9-27-14(12-22)11-21(4)13-17(23)24/h14-16H,5-13H2,1-4H3,(H,20,25)(H,23,24). The third kappa shape index (κ3) is 5.12. The summed E-state index contributed by atoms with van der Waals surface area (Å²) < 4.78 is 11.6. The Balaban J connectivity index is 1.89. The number of ether oxygens (including phenoxy) is 2. The van der Waals surface area contributed by atoms with Gasteiger partial charge in [0.05, 0.1) is 25.4 Å². The molecule has 1 heterocycles. The second-order valence-electron chi connectivity index (χ2n) is 7.65. The number of carboxylic acids is 1. The van der Waals surface area contributed by atoms with Gasteiger partial charge in [0.2, 0.25) is 0 Å². The minimum absolute atomic E-state index is 0.0130. The molecule has 0 aromatic heterocycles. The molecule has 0 spiro atoms. The zero-order chi connectivity index (χ0) is 20.0. The van der Waals surface area contributed by atoms with E-state index in [0.29, 0.717) is 32.8 Å². The highest BCUT2D eigenvalue weighted by molar-refractivity contribution is 5.75. The average molecular weight is 386 g/mol. The molecule has 27 heavy (non-hydrogen) atoms. The number of aliphatic carboxylic acids is 1. The number of carbonyl (C=O) groups excluding carboxylic acids is 1. The molecular weight excluding hydrogens is 350 g/mol. The number of hydrogen-bond donors (Lipinski definition) is 2.